The number of hydrogen-bond donors (Lipinski definition) is 0. The quantitative estimate of drug-likeness (QED) is 0.798. The Hall–Kier alpha value is -1.03. The van der Waals surface area contributed by atoms with Gasteiger partial charge in [0, 0.05) is 13.1 Å². The first-order valence-electron chi connectivity index (χ1n) is 6.55. The third kappa shape index (κ3) is 3.17. The van der Waals surface area contributed by atoms with Crippen molar-refractivity contribution in [1.29, 1.82) is 0 Å². The van der Waals surface area contributed by atoms with E-state index in [0.29, 0.717) is 22.2 Å². The molecule has 0 saturated carbocycles. The van der Waals surface area contributed by atoms with E-state index in [9.17, 15) is 4.79 Å². The lowest BCUT2D eigenvalue weighted by Gasteiger charge is -2.29. The number of benzene rings is 1. The van der Waals surface area contributed by atoms with Crippen molar-refractivity contribution in [2.45, 2.75) is 13.3 Å². The monoisotopic (exact) mass is 313 g/mol. The van der Waals surface area contributed by atoms with Gasteiger partial charge in [0.2, 0.25) is 0 Å². The predicted molar refractivity (Wildman–Crippen MR) is 82.1 cm³/mol. The average Bonchev–Trinajstić information content (AvgIpc) is 2.48. The molecule has 0 amide bonds. The SMILES string of the molecule is CCN1CCC(c2ccc(Cl)c(Cl)c2)=C(C(=O)OC)C1. The highest BCUT2D eigenvalue weighted by Crippen LogP contribution is 2.32. The Morgan fingerprint density at radius 1 is 1.35 bits per heavy atom. The second kappa shape index (κ2) is 6.61. The summed E-state index contributed by atoms with van der Waals surface area (Å²) < 4.78 is 4.91. The van der Waals surface area contributed by atoms with Crippen molar-refractivity contribution in [3.63, 3.8) is 0 Å². The third-order valence-electron chi connectivity index (χ3n) is 3.57. The molecule has 0 unspecified atom stereocenters. The van der Waals surface area contributed by atoms with Gasteiger partial charge >= 0.3 is 5.97 Å². The van der Waals surface area contributed by atoms with E-state index in [1.807, 2.05) is 12.1 Å². The zero-order valence-electron chi connectivity index (χ0n) is 11.6. The maximum Gasteiger partial charge on any atom is 0.335 e. The number of rotatable bonds is 3. The average molecular weight is 314 g/mol. The molecule has 0 bridgehead atoms. The largest absolute Gasteiger partial charge is 0.466 e. The highest BCUT2D eigenvalue weighted by molar-refractivity contribution is 6.42. The van der Waals surface area contributed by atoms with Gasteiger partial charge < -0.3 is 4.74 Å². The molecule has 0 saturated heterocycles. The van der Waals surface area contributed by atoms with Gasteiger partial charge in [-0.15, -0.1) is 0 Å². The normalized spacial score (nSPS) is 16.4. The smallest absolute Gasteiger partial charge is 0.335 e. The van der Waals surface area contributed by atoms with Crippen LogP contribution in [0, 0.1) is 0 Å². The standard InChI is InChI=1S/C15H17Cl2NO2/c1-3-18-7-6-11(12(9-18)15(19)20-2)10-4-5-13(16)14(17)8-10/h4-5,8H,3,6-7,9H2,1-2H3. The van der Waals surface area contributed by atoms with Crippen LogP contribution in [0.4, 0.5) is 0 Å². The van der Waals surface area contributed by atoms with Crippen LogP contribution in [0.25, 0.3) is 5.57 Å². The first-order valence-corrected chi connectivity index (χ1v) is 7.30. The molecule has 3 nitrogen and oxygen atoms in total. The highest BCUT2D eigenvalue weighted by Gasteiger charge is 2.24. The summed E-state index contributed by atoms with van der Waals surface area (Å²) in [5.74, 6) is -0.274. The topological polar surface area (TPSA) is 29.5 Å². The molecule has 0 fully saturated rings. The molecular weight excluding hydrogens is 297 g/mol. The number of carbonyl (C=O) groups is 1. The van der Waals surface area contributed by atoms with Gasteiger partial charge in [0.15, 0.2) is 0 Å². The Morgan fingerprint density at radius 2 is 2.10 bits per heavy atom. The molecule has 0 aromatic heterocycles. The molecule has 0 aliphatic carbocycles. The zero-order valence-corrected chi connectivity index (χ0v) is 13.1. The Morgan fingerprint density at radius 3 is 2.70 bits per heavy atom. The molecule has 0 N–H and O–H groups in total. The minimum absolute atomic E-state index is 0.274. The molecule has 1 aliphatic rings. The van der Waals surface area contributed by atoms with Gasteiger partial charge in [0.05, 0.1) is 22.7 Å². The summed E-state index contributed by atoms with van der Waals surface area (Å²) in [6.45, 7) is 4.53. The number of nitrogens with zero attached hydrogens (tertiary/aromatic N) is 1. The van der Waals surface area contributed by atoms with Crippen LogP contribution in [0.5, 0.6) is 0 Å². The van der Waals surface area contributed by atoms with Crippen molar-refractivity contribution < 1.29 is 9.53 Å². The number of carbonyl (C=O) groups excluding carboxylic acids is 1. The van der Waals surface area contributed by atoms with Gasteiger partial charge in [0.25, 0.3) is 0 Å². The Labute approximate surface area is 129 Å². The van der Waals surface area contributed by atoms with Crippen LogP contribution in [0.1, 0.15) is 18.9 Å². The molecule has 2 rings (SSSR count). The molecule has 1 aliphatic heterocycles. The summed E-state index contributed by atoms with van der Waals surface area (Å²) in [5.41, 5.74) is 2.65. The number of esters is 1. The fourth-order valence-electron chi connectivity index (χ4n) is 2.40. The maximum absolute atomic E-state index is 12.0. The van der Waals surface area contributed by atoms with Crippen molar-refractivity contribution in [2.24, 2.45) is 0 Å². The van der Waals surface area contributed by atoms with Crippen molar-refractivity contribution in [3.05, 3.63) is 39.4 Å². The number of hydrogen-bond acceptors (Lipinski definition) is 3. The van der Waals surface area contributed by atoms with E-state index in [1.54, 1.807) is 6.07 Å². The third-order valence-corrected chi connectivity index (χ3v) is 4.31. The summed E-state index contributed by atoms with van der Waals surface area (Å²) >= 11 is 12.0. The lowest BCUT2D eigenvalue weighted by atomic mass is 9.93. The van der Waals surface area contributed by atoms with Crippen LogP contribution in [0.15, 0.2) is 23.8 Å². The summed E-state index contributed by atoms with van der Waals surface area (Å²) in [6, 6.07) is 5.46. The van der Waals surface area contributed by atoms with E-state index in [2.05, 4.69) is 11.8 Å². The number of ether oxygens (including phenoxy) is 1. The van der Waals surface area contributed by atoms with Crippen molar-refractivity contribution >= 4 is 34.7 Å². The van der Waals surface area contributed by atoms with Gasteiger partial charge in [-0.05, 0) is 36.2 Å². The van der Waals surface area contributed by atoms with Gasteiger partial charge in [0.1, 0.15) is 0 Å². The van der Waals surface area contributed by atoms with Gasteiger partial charge in [-0.25, -0.2) is 4.79 Å². The number of halogens is 2. The second-order valence-corrected chi connectivity index (χ2v) is 5.51. The zero-order chi connectivity index (χ0) is 14.7. The summed E-state index contributed by atoms with van der Waals surface area (Å²) in [5, 5.41) is 1.01. The lowest BCUT2D eigenvalue weighted by molar-refractivity contribution is -0.136. The Kier molecular flexibility index (Phi) is 5.08. The van der Waals surface area contributed by atoms with E-state index in [1.165, 1.54) is 7.11 Å². The van der Waals surface area contributed by atoms with Gasteiger partial charge in [-0.2, -0.15) is 0 Å². The predicted octanol–water partition coefficient (Wildman–Crippen LogP) is 3.65. The molecular formula is C15H17Cl2NO2. The Bertz CT molecular complexity index is 555. The maximum atomic E-state index is 12.0. The van der Waals surface area contributed by atoms with E-state index < -0.39 is 0 Å². The Balaban J connectivity index is 2.45. The molecule has 5 heteroatoms. The van der Waals surface area contributed by atoms with E-state index >= 15 is 0 Å². The van der Waals surface area contributed by atoms with E-state index in [4.69, 9.17) is 27.9 Å². The summed E-state index contributed by atoms with van der Waals surface area (Å²) in [7, 11) is 1.41. The highest BCUT2D eigenvalue weighted by atomic mass is 35.5. The summed E-state index contributed by atoms with van der Waals surface area (Å²) in [6.07, 6.45) is 0.802. The second-order valence-electron chi connectivity index (χ2n) is 4.70. The van der Waals surface area contributed by atoms with Crippen LogP contribution >= 0.6 is 23.2 Å². The van der Waals surface area contributed by atoms with E-state index in [-0.39, 0.29) is 5.97 Å². The fraction of sp³-hybridized carbons (Fsp3) is 0.400. The van der Waals surface area contributed by atoms with Crippen LogP contribution in [-0.2, 0) is 9.53 Å². The molecule has 20 heavy (non-hydrogen) atoms. The minimum atomic E-state index is -0.274. The first kappa shape index (κ1) is 15.4. The molecule has 1 aromatic rings. The number of methoxy groups -OCH3 is 1. The molecule has 108 valence electrons. The molecule has 0 radical (unpaired) electrons. The molecule has 0 spiro atoms. The van der Waals surface area contributed by atoms with E-state index in [0.717, 1.165) is 30.6 Å². The van der Waals surface area contributed by atoms with Crippen molar-refractivity contribution in [1.82, 2.24) is 4.90 Å². The summed E-state index contributed by atoms with van der Waals surface area (Å²) in [4.78, 5) is 14.2. The van der Waals surface area contributed by atoms with Crippen LogP contribution in [0.3, 0.4) is 0 Å². The van der Waals surface area contributed by atoms with Gasteiger partial charge in [-0.3, -0.25) is 4.90 Å². The van der Waals surface area contributed by atoms with Crippen LogP contribution in [-0.4, -0.2) is 37.6 Å². The molecule has 1 heterocycles. The first-order chi connectivity index (χ1) is 9.56. The van der Waals surface area contributed by atoms with Crippen LogP contribution in [0.2, 0.25) is 10.0 Å². The van der Waals surface area contributed by atoms with Gasteiger partial charge in [-0.1, -0.05) is 36.2 Å². The lowest BCUT2D eigenvalue weighted by Crippen LogP contribution is -2.34. The van der Waals surface area contributed by atoms with Crippen molar-refractivity contribution in [2.75, 3.05) is 26.7 Å². The minimum Gasteiger partial charge on any atom is -0.466 e. The molecule has 1 aromatic carbocycles. The molecule has 0 atom stereocenters. The van der Waals surface area contributed by atoms with Crippen molar-refractivity contribution in [3.8, 4) is 0 Å². The number of likely N-dealkylation sites (N-methyl/N-ethyl adjacent to an activating group) is 1. The fourth-order valence-corrected chi connectivity index (χ4v) is 2.70. The van der Waals surface area contributed by atoms with Crippen LogP contribution < -0.4 is 0 Å².